The van der Waals surface area contributed by atoms with Crippen LogP contribution in [-0.4, -0.2) is 17.2 Å². The minimum atomic E-state index is -0.433. The molecule has 0 saturated heterocycles. The first kappa shape index (κ1) is 15.4. The van der Waals surface area contributed by atoms with Crippen molar-refractivity contribution in [3.63, 3.8) is 0 Å². The molecule has 0 saturated carbocycles. The van der Waals surface area contributed by atoms with Crippen molar-refractivity contribution in [1.29, 1.82) is 0 Å². The zero-order valence-electron chi connectivity index (χ0n) is 11.1. The van der Waals surface area contributed by atoms with Crippen LogP contribution < -0.4 is 5.43 Å². The first-order valence-corrected chi connectivity index (χ1v) is 6.81. The van der Waals surface area contributed by atoms with Crippen LogP contribution in [0.15, 0.2) is 41.5 Å². The van der Waals surface area contributed by atoms with Gasteiger partial charge in [0.2, 0.25) is 0 Å². The molecule has 21 heavy (non-hydrogen) atoms. The number of aryl methyl sites for hydroxylation is 1. The molecule has 0 radical (unpaired) electrons. The molecule has 6 heteroatoms. The lowest BCUT2D eigenvalue weighted by Crippen LogP contribution is -2.18. The van der Waals surface area contributed by atoms with E-state index in [2.05, 4.69) is 10.5 Å². The van der Waals surface area contributed by atoms with Crippen molar-refractivity contribution in [2.75, 3.05) is 0 Å². The van der Waals surface area contributed by atoms with Crippen molar-refractivity contribution in [3.05, 3.63) is 63.1 Å². The predicted molar refractivity (Wildman–Crippen MR) is 84.4 cm³/mol. The second kappa shape index (κ2) is 6.61. The third kappa shape index (κ3) is 3.97. The van der Waals surface area contributed by atoms with E-state index >= 15 is 0 Å². The summed E-state index contributed by atoms with van der Waals surface area (Å²) in [6.07, 6.45) is 1.31. The molecule has 0 fully saturated rings. The summed E-state index contributed by atoms with van der Waals surface area (Å²) in [5.41, 5.74) is 4.04. The number of hydrazone groups is 1. The van der Waals surface area contributed by atoms with Gasteiger partial charge in [0.15, 0.2) is 0 Å². The van der Waals surface area contributed by atoms with Crippen LogP contribution in [0.2, 0.25) is 10.0 Å². The van der Waals surface area contributed by atoms with E-state index in [1.54, 1.807) is 24.3 Å². The predicted octanol–water partition coefficient (Wildman–Crippen LogP) is 3.77. The highest BCUT2D eigenvalue weighted by Crippen LogP contribution is 2.20. The molecule has 2 aromatic rings. The molecule has 0 bridgehead atoms. The van der Waals surface area contributed by atoms with Gasteiger partial charge in [-0.15, -0.1) is 0 Å². The van der Waals surface area contributed by atoms with Crippen molar-refractivity contribution >= 4 is 35.3 Å². The van der Waals surface area contributed by atoms with E-state index in [-0.39, 0.29) is 5.75 Å². The summed E-state index contributed by atoms with van der Waals surface area (Å²) in [6.45, 7) is 1.88. The van der Waals surface area contributed by atoms with Gasteiger partial charge in [0.05, 0.1) is 16.8 Å². The van der Waals surface area contributed by atoms with Crippen LogP contribution in [0.1, 0.15) is 21.5 Å². The number of nitrogens with one attached hydrogen (secondary N) is 1. The van der Waals surface area contributed by atoms with Gasteiger partial charge in [-0.3, -0.25) is 4.79 Å². The topological polar surface area (TPSA) is 61.7 Å². The number of phenolic OH excluding ortho intramolecular Hbond substituents is 1. The number of halogens is 2. The number of aromatic hydroxyl groups is 1. The monoisotopic (exact) mass is 322 g/mol. The van der Waals surface area contributed by atoms with E-state index in [0.717, 1.165) is 5.56 Å². The normalized spacial score (nSPS) is 10.8. The third-order valence-electron chi connectivity index (χ3n) is 2.73. The fourth-order valence-electron chi connectivity index (χ4n) is 1.65. The smallest absolute Gasteiger partial charge is 0.272 e. The molecule has 1 amide bonds. The Morgan fingerprint density at radius 3 is 2.71 bits per heavy atom. The fraction of sp³-hybridized carbons (Fsp3) is 0.0667. The highest BCUT2D eigenvalue weighted by Gasteiger charge is 2.09. The Balaban J connectivity index is 2.10. The molecule has 0 atom stereocenters. The maximum absolute atomic E-state index is 11.9. The molecular formula is C15H12Cl2N2O2. The Kier molecular flexibility index (Phi) is 4.83. The lowest BCUT2D eigenvalue weighted by molar-refractivity contribution is 0.0955. The average molecular weight is 323 g/mol. The molecule has 0 aliphatic rings. The molecular weight excluding hydrogens is 311 g/mol. The number of rotatable bonds is 3. The summed E-state index contributed by atoms with van der Waals surface area (Å²) in [4.78, 5) is 11.9. The van der Waals surface area contributed by atoms with Gasteiger partial charge in [-0.05, 0) is 42.8 Å². The van der Waals surface area contributed by atoms with Crippen LogP contribution in [0.4, 0.5) is 0 Å². The van der Waals surface area contributed by atoms with Crippen LogP contribution in [-0.2, 0) is 0 Å². The highest BCUT2D eigenvalue weighted by atomic mass is 35.5. The van der Waals surface area contributed by atoms with Crippen molar-refractivity contribution in [1.82, 2.24) is 5.43 Å². The molecule has 0 unspecified atom stereocenters. The summed E-state index contributed by atoms with van der Waals surface area (Å²) < 4.78 is 0. The largest absolute Gasteiger partial charge is 0.507 e. The molecule has 0 heterocycles. The van der Waals surface area contributed by atoms with Crippen molar-refractivity contribution in [2.24, 2.45) is 5.10 Å². The second-order valence-corrected chi connectivity index (χ2v) is 5.23. The summed E-state index contributed by atoms with van der Waals surface area (Å²) in [6, 6.07) is 9.64. The van der Waals surface area contributed by atoms with Crippen LogP contribution in [0.5, 0.6) is 5.75 Å². The zero-order chi connectivity index (χ0) is 15.4. The summed E-state index contributed by atoms with van der Waals surface area (Å²) in [7, 11) is 0. The molecule has 2 rings (SSSR count). The Bertz CT molecular complexity index is 715. The Labute approximate surface area is 132 Å². The molecule has 0 aliphatic carbocycles. The van der Waals surface area contributed by atoms with Crippen molar-refractivity contribution in [2.45, 2.75) is 6.92 Å². The van der Waals surface area contributed by atoms with E-state index in [4.69, 9.17) is 23.2 Å². The van der Waals surface area contributed by atoms with Gasteiger partial charge in [0.25, 0.3) is 5.91 Å². The van der Waals surface area contributed by atoms with Crippen LogP contribution in [0.3, 0.4) is 0 Å². The minimum Gasteiger partial charge on any atom is -0.507 e. The lowest BCUT2D eigenvalue weighted by atomic mass is 10.1. The second-order valence-electron chi connectivity index (χ2n) is 4.39. The number of nitrogens with zero attached hydrogens (tertiary/aromatic N) is 1. The Morgan fingerprint density at radius 2 is 2.00 bits per heavy atom. The first-order chi connectivity index (χ1) is 9.97. The standard InChI is InChI=1S/C15H12Cl2N2O2/c1-9-2-4-12(13(17)6-9)15(21)19-18-8-10-7-11(16)3-5-14(10)20/h2-8,20H,1H3,(H,19,21)/b18-8+. The molecule has 4 nitrogen and oxygen atoms in total. The van der Waals surface area contributed by atoms with Gasteiger partial charge in [-0.1, -0.05) is 29.3 Å². The van der Waals surface area contributed by atoms with Crippen LogP contribution in [0.25, 0.3) is 0 Å². The quantitative estimate of drug-likeness (QED) is 0.667. The van der Waals surface area contributed by atoms with Crippen molar-refractivity contribution in [3.8, 4) is 5.75 Å². The van der Waals surface area contributed by atoms with E-state index in [1.807, 2.05) is 6.92 Å². The van der Waals surface area contributed by atoms with Gasteiger partial charge in [0, 0.05) is 10.6 Å². The summed E-state index contributed by atoms with van der Waals surface area (Å²) >= 11 is 11.8. The van der Waals surface area contributed by atoms with E-state index < -0.39 is 5.91 Å². The van der Waals surface area contributed by atoms with Gasteiger partial charge >= 0.3 is 0 Å². The van der Waals surface area contributed by atoms with E-state index in [9.17, 15) is 9.90 Å². The Morgan fingerprint density at radius 1 is 1.24 bits per heavy atom. The minimum absolute atomic E-state index is 0.0192. The van der Waals surface area contributed by atoms with Gasteiger partial charge < -0.3 is 5.11 Å². The van der Waals surface area contributed by atoms with E-state index in [1.165, 1.54) is 18.3 Å². The molecule has 2 N–H and O–H groups in total. The number of hydrogen-bond donors (Lipinski definition) is 2. The Hall–Kier alpha value is -2.04. The SMILES string of the molecule is Cc1ccc(C(=O)N/N=C/c2cc(Cl)ccc2O)c(Cl)c1. The fourth-order valence-corrected chi connectivity index (χ4v) is 2.16. The highest BCUT2D eigenvalue weighted by molar-refractivity contribution is 6.34. The summed E-state index contributed by atoms with van der Waals surface area (Å²) in [5, 5.41) is 14.2. The summed E-state index contributed by atoms with van der Waals surface area (Å²) in [5.74, 6) is -0.413. The lowest BCUT2D eigenvalue weighted by Gasteiger charge is -2.04. The maximum Gasteiger partial charge on any atom is 0.272 e. The van der Waals surface area contributed by atoms with Gasteiger partial charge in [-0.2, -0.15) is 5.10 Å². The number of benzene rings is 2. The average Bonchev–Trinajstić information content (AvgIpc) is 2.42. The number of hydrogen-bond acceptors (Lipinski definition) is 3. The zero-order valence-corrected chi connectivity index (χ0v) is 12.6. The van der Waals surface area contributed by atoms with Gasteiger partial charge in [0.1, 0.15) is 5.75 Å². The maximum atomic E-state index is 11.9. The molecule has 108 valence electrons. The first-order valence-electron chi connectivity index (χ1n) is 6.05. The molecule has 0 spiro atoms. The number of phenols is 1. The van der Waals surface area contributed by atoms with Gasteiger partial charge in [-0.25, -0.2) is 5.43 Å². The van der Waals surface area contributed by atoms with Crippen LogP contribution in [0, 0.1) is 6.92 Å². The molecule has 0 aromatic heterocycles. The van der Waals surface area contributed by atoms with Crippen molar-refractivity contribution < 1.29 is 9.90 Å². The molecule has 0 aliphatic heterocycles. The molecule has 2 aromatic carbocycles. The number of carbonyl (C=O) groups is 1. The third-order valence-corrected chi connectivity index (χ3v) is 3.28. The number of amides is 1. The van der Waals surface area contributed by atoms with Crippen LogP contribution >= 0.6 is 23.2 Å². The number of carbonyl (C=O) groups excluding carboxylic acids is 1. The van der Waals surface area contributed by atoms with E-state index in [0.29, 0.717) is 21.2 Å².